The van der Waals surface area contributed by atoms with E-state index in [0.29, 0.717) is 12.1 Å². The summed E-state index contributed by atoms with van der Waals surface area (Å²) < 4.78 is 0. The van der Waals surface area contributed by atoms with Crippen molar-refractivity contribution in [3.63, 3.8) is 0 Å². The third kappa shape index (κ3) is 6.50. The Hall–Kier alpha value is -2.37. The number of amides is 2. The molecule has 1 aromatic carbocycles. The van der Waals surface area contributed by atoms with Crippen LogP contribution in [0.25, 0.3) is 0 Å². The highest BCUT2D eigenvalue weighted by atomic mass is 16.4. The molecular formula is C17H24N2O4. The molecule has 1 aromatic rings. The lowest BCUT2D eigenvalue weighted by molar-refractivity contribution is -0.137. The molecule has 6 heteroatoms. The molecule has 0 fully saturated rings. The first-order valence-electron chi connectivity index (χ1n) is 7.52. The van der Waals surface area contributed by atoms with Crippen LogP contribution < -0.4 is 10.6 Å². The fourth-order valence-corrected chi connectivity index (χ4v) is 1.79. The molecule has 0 heterocycles. The van der Waals surface area contributed by atoms with Gasteiger partial charge in [-0.15, -0.1) is 0 Å². The normalized spacial score (nSPS) is 12.3. The van der Waals surface area contributed by atoms with Crippen molar-refractivity contribution in [3.8, 4) is 0 Å². The maximum atomic E-state index is 12.1. The number of hydrogen-bond donors (Lipinski definition) is 3. The number of aliphatic carboxylic acids is 1. The van der Waals surface area contributed by atoms with Gasteiger partial charge in [-0.25, -0.2) is 0 Å². The number of carboxylic acid groups (broad SMARTS) is 1. The number of hydrogen-bond acceptors (Lipinski definition) is 3. The third-order valence-electron chi connectivity index (χ3n) is 3.24. The molecule has 1 unspecified atom stereocenters. The number of benzene rings is 1. The highest BCUT2D eigenvalue weighted by molar-refractivity contribution is 5.97. The molecule has 0 aliphatic rings. The highest BCUT2D eigenvalue weighted by Gasteiger charge is 2.25. The first-order valence-corrected chi connectivity index (χ1v) is 7.52. The molecular weight excluding hydrogens is 296 g/mol. The topological polar surface area (TPSA) is 95.5 Å². The molecule has 23 heavy (non-hydrogen) atoms. The Morgan fingerprint density at radius 2 is 1.87 bits per heavy atom. The second-order valence-electron chi connectivity index (χ2n) is 6.53. The van der Waals surface area contributed by atoms with Gasteiger partial charge >= 0.3 is 5.97 Å². The summed E-state index contributed by atoms with van der Waals surface area (Å²) in [5, 5.41) is 14.1. The molecule has 0 radical (unpaired) electrons. The van der Waals surface area contributed by atoms with Crippen molar-refractivity contribution >= 4 is 23.5 Å². The molecule has 2 amide bonds. The Balaban J connectivity index is 2.64. The summed E-state index contributed by atoms with van der Waals surface area (Å²) in [6.45, 7) is 6.95. The van der Waals surface area contributed by atoms with Crippen molar-refractivity contribution in [1.82, 2.24) is 5.32 Å². The summed E-state index contributed by atoms with van der Waals surface area (Å²) in [5.41, 5.74) is 0.844. The summed E-state index contributed by atoms with van der Waals surface area (Å²) >= 11 is 0. The number of nitrogens with one attached hydrogen (secondary N) is 2. The first kappa shape index (κ1) is 18.7. The van der Waals surface area contributed by atoms with Crippen molar-refractivity contribution in [1.29, 1.82) is 0 Å². The van der Waals surface area contributed by atoms with E-state index in [0.717, 1.165) is 5.56 Å². The van der Waals surface area contributed by atoms with Crippen LogP contribution in [0.15, 0.2) is 24.3 Å². The van der Waals surface area contributed by atoms with Crippen LogP contribution in [-0.2, 0) is 20.8 Å². The SMILES string of the molecule is CC(NC(=O)C(C)(C)C)C(=O)Nc1cccc(CCC(=O)O)c1. The lowest BCUT2D eigenvalue weighted by atomic mass is 9.95. The van der Waals surface area contributed by atoms with E-state index >= 15 is 0 Å². The van der Waals surface area contributed by atoms with Gasteiger partial charge in [0.2, 0.25) is 11.8 Å². The number of carboxylic acids is 1. The molecule has 0 aliphatic carbocycles. The van der Waals surface area contributed by atoms with Gasteiger partial charge in [-0.3, -0.25) is 14.4 Å². The van der Waals surface area contributed by atoms with E-state index < -0.39 is 17.4 Å². The maximum Gasteiger partial charge on any atom is 0.303 e. The predicted octanol–water partition coefficient (Wildman–Crippen LogP) is 2.19. The average Bonchev–Trinajstić information content (AvgIpc) is 2.44. The average molecular weight is 320 g/mol. The molecule has 0 bridgehead atoms. The van der Waals surface area contributed by atoms with Crippen molar-refractivity contribution < 1.29 is 19.5 Å². The lowest BCUT2D eigenvalue weighted by Crippen LogP contribution is -2.46. The van der Waals surface area contributed by atoms with E-state index in [4.69, 9.17) is 5.11 Å². The Morgan fingerprint density at radius 3 is 2.43 bits per heavy atom. The van der Waals surface area contributed by atoms with Gasteiger partial charge in [0, 0.05) is 17.5 Å². The van der Waals surface area contributed by atoms with Crippen LogP contribution in [0, 0.1) is 5.41 Å². The molecule has 1 atom stereocenters. The largest absolute Gasteiger partial charge is 0.481 e. The maximum absolute atomic E-state index is 12.1. The van der Waals surface area contributed by atoms with Crippen LogP contribution in [-0.4, -0.2) is 28.9 Å². The van der Waals surface area contributed by atoms with Gasteiger partial charge < -0.3 is 15.7 Å². The molecule has 126 valence electrons. The van der Waals surface area contributed by atoms with Crippen molar-refractivity contribution in [2.24, 2.45) is 5.41 Å². The Morgan fingerprint density at radius 1 is 1.22 bits per heavy atom. The molecule has 3 N–H and O–H groups in total. The van der Waals surface area contributed by atoms with Crippen LogP contribution >= 0.6 is 0 Å². The van der Waals surface area contributed by atoms with Crippen LogP contribution in [0.2, 0.25) is 0 Å². The quantitative estimate of drug-likeness (QED) is 0.748. The summed E-state index contributed by atoms with van der Waals surface area (Å²) in [6, 6.07) is 6.36. The van der Waals surface area contributed by atoms with Crippen LogP contribution in [0.4, 0.5) is 5.69 Å². The zero-order valence-corrected chi connectivity index (χ0v) is 14.0. The molecule has 0 aromatic heterocycles. The highest BCUT2D eigenvalue weighted by Crippen LogP contribution is 2.14. The monoisotopic (exact) mass is 320 g/mol. The third-order valence-corrected chi connectivity index (χ3v) is 3.24. The van der Waals surface area contributed by atoms with E-state index in [-0.39, 0.29) is 18.2 Å². The second-order valence-corrected chi connectivity index (χ2v) is 6.53. The standard InChI is InChI=1S/C17H24N2O4/c1-11(18-16(23)17(2,3)4)15(22)19-13-7-5-6-12(10-13)8-9-14(20)21/h5-7,10-11H,8-9H2,1-4H3,(H,18,23)(H,19,22)(H,20,21). The number of anilines is 1. The van der Waals surface area contributed by atoms with E-state index in [1.54, 1.807) is 45.9 Å². The minimum Gasteiger partial charge on any atom is -0.481 e. The Kier molecular flexibility index (Phi) is 6.30. The first-order chi connectivity index (χ1) is 10.6. The van der Waals surface area contributed by atoms with Gasteiger partial charge in [0.25, 0.3) is 0 Å². The van der Waals surface area contributed by atoms with Gasteiger partial charge in [-0.2, -0.15) is 0 Å². The van der Waals surface area contributed by atoms with Gasteiger partial charge in [-0.05, 0) is 31.0 Å². The van der Waals surface area contributed by atoms with Gasteiger partial charge in [0.05, 0.1) is 0 Å². The zero-order chi connectivity index (χ0) is 17.6. The number of carbonyl (C=O) groups is 3. The van der Waals surface area contributed by atoms with Gasteiger partial charge in [-0.1, -0.05) is 32.9 Å². The van der Waals surface area contributed by atoms with Crippen molar-refractivity contribution in [2.45, 2.75) is 46.6 Å². The molecule has 0 aliphatic heterocycles. The summed E-state index contributed by atoms with van der Waals surface area (Å²) in [5.74, 6) is -1.38. The number of rotatable bonds is 6. The van der Waals surface area contributed by atoms with Crippen LogP contribution in [0.5, 0.6) is 0 Å². The lowest BCUT2D eigenvalue weighted by Gasteiger charge is -2.21. The van der Waals surface area contributed by atoms with Crippen LogP contribution in [0.1, 0.15) is 39.7 Å². The number of carbonyl (C=O) groups excluding carboxylic acids is 2. The minimum absolute atomic E-state index is 0.0371. The molecule has 0 saturated carbocycles. The number of aryl methyl sites for hydroxylation is 1. The molecule has 1 rings (SSSR count). The Labute approximate surface area is 136 Å². The smallest absolute Gasteiger partial charge is 0.303 e. The summed E-state index contributed by atoms with van der Waals surface area (Å²) in [7, 11) is 0. The zero-order valence-electron chi connectivity index (χ0n) is 14.0. The fraction of sp³-hybridized carbons (Fsp3) is 0.471. The minimum atomic E-state index is -0.863. The van der Waals surface area contributed by atoms with E-state index in [2.05, 4.69) is 10.6 Å². The van der Waals surface area contributed by atoms with Crippen molar-refractivity contribution in [3.05, 3.63) is 29.8 Å². The van der Waals surface area contributed by atoms with Gasteiger partial charge in [0.1, 0.15) is 6.04 Å². The summed E-state index contributed by atoms with van der Waals surface area (Å²) in [4.78, 5) is 34.6. The van der Waals surface area contributed by atoms with Crippen molar-refractivity contribution in [2.75, 3.05) is 5.32 Å². The Bertz CT molecular complexity index is 591. The molecule has 6 nitrogen and oxygen atoms in total. The van der Waals surface area contributed by atoms with E-state index in [1.807, 2.05) is 6.07 Å². The molecule has 0 spiro atoms. The fourth-order valence-electron chi connectivity index (χ4n) is 1.79. The summed E-state index contributed by atoms with van der Waals surface area (Å²) in [6.07, 6.45) is 0.435. The predicted molar refractivity (Wildman–Crippen MR) is 88.1 cm³/mol. The van der Waals surface area contributed by atoms with Gasteiger partial charge in [0.15, 0.2) is 0 Å². The van der Waals surface area contributed by atoms with E-state index in [9.17, 15) is 14.4 Å². The second kappa shape index (κ2) is 7.76. The molecule has 0 saturated heterocycles. The van der Waals surface area contributed by atoms with Crippen LogP contribution in [0.3, 0.4) is 0 Å². The van der Waals surface area contributed by atoms with E-state index in [1.165, 1.54) is 0 Å².